The maximum atomic E-state index is 14.1. The predicted octanol–water partition coefficient (Wildman–Crippen LogP) is 3.69. The van der Waals surface area contributed by atoms with Crippen LogP contribution in [0.5, 0.6) is 0 Å². The van der Waals surface area contributed by atoms with Gasteiger partial charge in [-0.2, -0.15) is 0 Å². The minimum absolute atomic E-state index is 0.488. The molecule has 1 heterocycles. The Balaban J connectivity index is 2.54. The normalized spacial score (nSPS) is 19.1. The van der Waals surface area contributed by atoms with Crippen molar-refractivity contribution in [2.75, 3.05) is 6.61 Å². The summed E-state index contributed by atoms with van der Waals surface area (Å²) in [5, 5.41) is 0. The van der Waals surface area contributed by atoms with E-state index in [1.54, 1.807) is 0 Å². The van der Waals surface area contributed by atoms with E-state index in [0.717, 1.165) is 22.5 Å². The summed E-state index contributed by atoms with van der Waals surface area (Å²) in [6, 6.07) is 0. The van der Waals surface area contributed by atoms with E-state index in [1.807, 2.05) is 27.0 Å². The Labute approximate surface area is 102 Å². The number of allylic oxidation sites excluding steroid dienone is 2. The molecule has 17 heavy (non-hydrogen) atoms. The highest BCUT2D eigenvalue weighted by molar-refractivity contribution is 5.69. The van der Waals surface area contributed by atoms with E-state index in [2.05, 4.69) is 11.5 Å². The van der Waals surface area contributed by atoms with Crippen LogP contribution in [0.3, 0.4) is 0 Å². The Bertz CT molecular complexity index is 459. The third-order valence-electron chi connectivity index (χ3n) is 3.62. The van der Waals surface area contributed by atoms with Crippen molar-refractivity contribution in [2.24, 2.45) is 7.05 Å². The minimum Gasteiger partial charge on any atom is -0.377 e. The first-order chi connectivity index (χ1) is 8.07. The number of alkyl halides is 1. The van der Waals surface area contributed by atoms with E-state index in [4.69, 9.17) is 4.74 Å². The molecule has 0 spiro atoms. The molecule has 1 atom stereocenters. The highest BCUT2D eigenvalue weighted by Gasteiger charge is 2.28. The number of fused-ring (bicyclic) bond motifs is 1. The molecule has 1 aliphatic carbocycles. The number of halogens is 1. The molecule has 0 bridgehead atoms. The first-order valence-electron chi connectivity index (χ1n) is 6.14. The van der Waals surface area contributed by atoms with Gasteiger partial charge in [-0.15, -0.1) is 0 Å². The van der Waals surface area contributed by atoms with Gasteiger partial charge in [-0.1, -0.05) is 6.08 Å². The van der Waals surface area contributed by atoms with E-state index >= 15 is 0 Å². The summed E-state index contributed by atoms with van der Waals surface area (Å²) in [6.07, 6.45) is 1.59. The average Bonchev–Trinajstić information content (AvgIpc) is 2.56. The maximum Gasteiger partial charge on any atom is 0.131 e. The van der Waals surface area contributed by atoms with Crippen molar-refractivity contribution in [1.82, 2.24) is 4.57 Å². The largest absolute Gasteiger partial charge is 0.377 e. The van der Waals surface area contributed by atoms with Crippen LogP contribution in [-0.2, 0) is 18.4 Å². The maximum absolute atomic E-state index is 14.1. The second kappa shape index (κ2) is 4.65. The summed E-state index contributed by atoms with van der Waals surface area (Å²) in [6.45, 7) is 7.22. The Morgan fingerprint density at radius 3 is 2.82 bits per heavy atom. The monoisotopic (exact) mass is 237 g/mol. The number of ether oxygens (including phenoxy) is 1. The molecule has 3 heteroatoms. The molecule has 0 saturated carbocycles. The molecule has 1 aromatic rings. The molecule has 2 rings (SSSR count). The molecular formula is C14H20FNO. The van der Waals surface area contributed by atoms with Gasteiger partial charge in [0.2, 0.25) is 0 Å². The van der Waals surface area contributed by atoms with Gasteiger partial charge in [-0.25, -0.2) is 4.39 Å². The zero-order valence-electron chi connectivity index (χ0n) is 11.0. The molecule has 0 radical (unpaired) electrons. The van der Waals surface area contributed by atoms with Gasteiger partial charge in [0, 0.05) is 42.6 Å². The molecule has 1 unspecified atom stereocenters. The first kappa shape index (κ1) is 12.4. The smallest absolute Gasteiger partial charge is 0.131 e. The third-order valence-corrected chi connectivity index (χ3v) is 3.62. The number of hydrogen-bond donors (Lipinski definition) is 0. The molecule has 1 aromatic heterocycles. The lowest BCUT2D eigenvalue weighted by atomic mass is 9.93. The summed E-state index contributed by atoms with van der Waals surface area (Å²) >= 11 is 0. The SMILES string of the molecule is CCOCc1c2c(n(C)c1C)C(C)=CCC2F. The molecule has 1 aliphatic rings. The molecule has 0 fully saturated rings. The van der Waals surface area contributed by atoms with Gasteiger partial charge in [-0.05, 0) is 26.3 Å². The van der Waals surface area contributed by atoms with Crippen LogP contribution < -0.4 is 0 Å². The molecule has 0 amide bonds. The van der Waals surface area contributed by atoms with Crippen molar-refractivity contribution in [3.63, 3.8) is 0 Å². The zero-order valence-corrected chi connectivity index (χ0v) is 11.0. The fourth-order valence-electron chi connectivity index (χ4n) is 2.58. The van der Waals surface area contributed by atoms with Crippen molar-refractivity contribution in [2.45, 2.75) is 40.0 Å². The summed E-state index contributed by atoms with van der Waals surface area (Å²) in [7, 11) is 2.00. The van der Waals surface area contributed by atoms with Crippen LogP contribution >= 0.6 is 0 Å². The van der Waals surface area contributed by atoms with Crippen molar-refractivity contribution in [1.29, 1.82) is 0 Å². The Kier molecular flexibility index (Phi) is 3.38. The molecule has 0 aromatic carbocycles. The lowest BCUT2D eigenvalue weighted by Gasteiger charge is -2.17. The molecule has 0 aliphatic heterocycles. The highest BCUT2D eigenvalue weighted by Crippen LogP contribution is 2.40. The number of aromatic nitrogens is 1. The summed E-state index contributed by atoms with van der Waals surface area (Å²) in [4.78, 5) is 0. The standard InChI is InChI=1S/C14H20FNO/c1-5-17-8-11-10(3)16(4)14-9(2)6-7-12(15)13(11)14/h6,12H,5,7-8H2,1-4H3. The molecule has 94 valence electrons. The number of hydrogen-bond acceptors (Lipinski definition) is 1. The van der Waals surface area contributed by atoms with E-state index in [0.29, 0.717) is 19.6 Å². The summed E-state index contributed by atoms with van der Waals surface area (Å²) < 4.78 is 21.7. The molecule has 0 N–H and O–H groups in total. The molecular weight excluding hydrogens is 217 g/mol. The van der Waals surface area contributed by atoms with Crippen LogP contribution in [0.1, 0.15) is 49.0 Å². The number of nitrogens with zero attached hydrogens (tertiary/aromatic N) is 1. The number of rotatable bonds is 3. The van der Waals surface area contributed by atoms with E-state index < -0.39 is 6.17 Å². The Morgan fingerprint density at radius 1 is 1.47 bits per heavy atom. The Morgan fingerprint density at radius 2 is 2.18 bits per heavy atom. The van der Waals surface area contributed by atoms with Crippen molar-refractivity contribution in [3.05, 3.63) is 28.6 Å². The second-order valence-electron chi connectivity index (χ2n) is 4.61. The topological polar surface area (TPSA) is 14.2 Å². The summed E-state index contributed by atoms with van der Waals surface area (Å²) in [5.41, 5.74) is 5.20. The molecule has 2 nitrogen and oxygen atoms in total. The van der Waals surface area contributed by atoms with E-state index in [-0.39, 0.29) is 0 Å². The fraction of sp³-hybridized carbons (Fsp3) is 0.571. The van der Waals surface area contributed by atoms with Crippen molar-refractivity contribution in [3.8, 4) is 0 Å². The van der Waals surface area contributed by atoms with Gasteiger partial charge in [0.25, 0.3) is 0 Å². The lowest BCUT2D eigenvalue weighted by Crippen LogP contribution is -2.05. The quantitative estimate of drug-likeness (QED) is 0.782. The molecule has 0 saturated heterocycles. The highest BCUT2D eigenvalue weighted by atomic mass is 19.1. The fourth-order valence-corrected chi connectivity index (χ4v) is 2.58. The minimum atomic E-state index is -0.885. The van der Waals surface area contributed by atoms with Crippen molar-refractivity contribution < 1.29 is 9.13 Å². The summed E-state index contributed by atoms with van der Waals surface area (Å²) in [5.74, 6) is 0. The van der Waals surface area contributed by atoms with Gasteiger partial charge < -0.3 is 9.30 Å². The Hall–Kier alpha value is -1.09. The van der Waals surface area contributed by atoms with Crippen LogP contribution in [0.25, 0.3) is 5.57 Å². The van der Waals surface area contributed by atoms with Gasteiger partial charge >= 0.3 is 0 Å². The van der Waals surface area contributed by atoms with Crippen LogP contribution in [-0.4, -0.2) is 11.2 Å². The third kappa shape index (κ3) is 1.93. The van der Waals surface area contributed by atoms with Crippen LogP contribution in [0.2, 0.25) is 0 Å². The lowest BCUT2D eigenvalue weighted by molar-refractivity contribution is 0.132. The zero-order chi connectivity index (χ0) is 12.6. The predicted molar refractivity (Wildman–Crippen MR) is 67.6 cm³/mol. The van der Waals surface area contributed by atoms with Gasteiger partial charge in [-0.3, -0.25) is 0 Å². The first-order valence-corrected chi connectivity index (χ1v) is 6.14. The van der Waals surface area contributed by atoms with Gasteiger partial charge in [0.15, 0.2) is 0 Å². The average molecular weight is 237 g/mol. The van der Waals surface area contributed by atoms with Crippen molar-refractivity contribution >= 4 is 5.57 Å². The van der Waals surface area contributed by atoms with Crippen LogP contribution in [0.15, 0.2) is 6.08 Å². The van der Waals surface area contributed by atoms with Gasteiger partial charge in [0.05, 0.1) is 6.61 Å². The van der Waals surface area contributed by atoms with Crippen LogP contribution in [0, 0.1) is 6.92 Å². The van der Waals surface area contributed by atoms with Gasteiger partial charge in [0.1, 0.15) is 6.17 Å². The van der Waals surface area contributed by atoms with E-state index in [9.17, 15) is 4.39 Å². The van der Waals surface area contributed by atoms with E-state index in [1.165, 1.54) is 5.57 Å². The van der Waals surface area contributed by atoms with Crippen LogP contribution in [0.4, 0.5) is 4.39 Å². The second-order valence-corrected chi connectivity index (χ2v) is 4.61.